The second-order valence-electron chi connectivity index (χ2n) is 5.99. The summed E-state index contributed by atoms with van der Waals surface area (Å²) in [5.41, 5.74) is 5.95. The van der Waals surface area contributed by atoms with Gasteiger partial charge in [-0.3, -0.25) is 9.69 Å². The van der Waals surface area contributed by atoms with Crippen LogP contribution >= 0.6 is 0 Å². The maximum Gasteiger partial charge on any atom is 0.241 e. The molecule has 1 aliphatic heterocycles. The Bertz CT molecular complexity index is 549. The van der Waals surface area contributed by atoms with Gasteiger partial charge in [0.25, 0.3) is 0 Å². The highest BCUT2D eigenvalue weighted by Crippen LogP contribution is 2.32. The van der Waals surface area contributed by atoms with E-state index < -0.39 is 5.91 Å². The zero-order chi connectivity index (χ0) is 16.7. The molecule has 1 saturated heterocycles. The van der Waals surface area contributed by atoms with E-state index in [9.17, 15) is 4.79 Å². The highest BCUT2D eigenvalue weighted by Gasteiger charge is 2.16. The van der Waals surface area contributed by atoms with E-state index in [0.717, 1.165) is 31.1 Å². The predicted molar refractivity (Wildman–Crippen MR) is 91.6 cm³/mol. The first-order chi connectivity index (χ1) is 11.1. The number of amides is 1. The van der Waals surface area contributed by atoms with Crippen molar-refractivity contribution >= 4 is 12.0 Å². The number of primary amides is 1. The Morgan fingerprint density at radius 2 is 2.13 bits per heavy atom. The number of carbonyl (C=O) groups excluding carboxylic acids is 1. The molecule has 0 bridgehead atoms. The Labute approximate surface area is 138 Å². The van der Waals surface area contributed by atoms with Crippen molar-refractivity contribution in [3.05, 3.63) is 29.8 Å². The number of likely N-dealkylation sites (tertiary alicyclic amines) is 1. The number of methoxy groups -OCH3 is 1. The van der Waals surface area contributed by atoms with Crippen molar-refractivity contribution in [3.8, 4) is 11.5 Å². The minimum Gasteiger partial charge on any atom is -0.493 e. The van der Waals surface area contributed by atoms with E-state index in [2.05, 4.69) is 11.8 Å². The van der Waals surface area contributed by atoms with Crippen molar-refractivity contribution in [3.63, 3.8) is 0 Å². The number of benzene rings is 1. The van der Waals surface area contributed by atoms with E-state index in [0.29, 0.717) is 18.1 Å². The molecule has 0 radical (unpaired) electrons. The van der Waals surface area contributed by atoms with Crippen LogP contribution in [-0.4, -0.2) is 44.2 Å². The summed E-state index contributed by atoms with van der Waals surface area (Å²) in [7, 11) is 1.61. The summed E-state index contributed by atoms with van der Waals surface area (Å²) in [6.45, 7) is 6.05. The molecular weight excluding hydrogens is 292 g/mol. The molecular formula is C18H26N2O3. The van der Waals surface area contributed by atoms with Gasteiger partial charge in [0, 0.05) is 18.2 Å². The van der Waals surface area contributed by atoms with Crippen molar-refractivity contribution < 1.29 is 14.3 Å². The summed E-state index contributed by atoms with van der Waals surface area (Å²) < 4.78 is 11.3. The zero-order valence-electron chi connectivity index (χ0n) is 14.0. The topological polar surface area (TPSA) is 64.8 Å². The van der Waals surface area contributed by atoms with Gasteiger partial charge in [-0.25, -0.2) is 0 Å². The molecule has 1 aromatic carbocycles. The Balaban J connectivity index is 1.98. The van der Waals surface area contributed by atoms with Gasteiger partial charge in [-0.15, -0.1) is 0 Å². The molecule has 1 fully saturated rings. The summed E-state index contributed by atoms with van der Waals surface area (Å²) in [4.78, 5) is 13.4. The Morgan fingerprint density at radius 1 is 1.39 bits per heavy atom. The van der Waals surface area contributed by atoms with Gasteiger partial charge in [-0.2, -0.15) is 0 Å². The number of hydrogen-bond donors (Lipinski definition) is 1. The van der Waals surface area contributed by atoms with Crippen LogP contribution in [0.1, 0.15) is 25.3 Å². The summed E-state index contributed by atoms with van der Waals surface area (Å²) in [5, 5.41) is 0. The van der Waals surface area contributed by atoms with E-state index in [-0.39, 0.29) is 0 Å². The lowest BCUT2D eigenvalue weighted by molar-refractivity contribution is -0.113. The average molecular weight is 318 g/mol. The molecule has 5 heteroatoms. The molecule has 2 N–H and O–H groups in total. The third-order valence-corrected chi connectivity index (χ3v) is 4.19. The smallest absolute Gasteiger partial charge is 0.241 e. The van der Waals surface area contributed by atoms with E-state index in [1.807, 2.05) is 18.2 Å². The van der Waals surface area contributed by atoms with Crippen LogP contribution in [0.3, 0.4) is 0 Å². The number of rotatable bonds is 7. The summed E-state index contributed by atoms with van der Waals surface area (Å²) >= 11 is 0. The first-order valence-electron chi connectivity index (χ1n) is 8.10. The van der Waals surface area contributed by atoms with Crippen LogP contribution in [0.2, 0.25) is 0 Å². The van der Waals surface area contributed by atoms with Crippen molar-refractivity contribution in [2.75, 3.05) is 33.4 Å². The standard InChI is InChI=1S/C18H26N2O3/c1-14-8-10-20(11-9-14)12-13-23-18-15(6-7-17(19)21)4-3-5-16(18)22-2/h3-7,14H,8-13H2,1-2H3,(H2,19,21)/b7-6-. The fourth-order valence-electron chi connectivity index (χ4n) is 2.71. The van der Waals surface area contributed by atoms with Gasteiger partial charge in [0.2, 0.25) is 5.91 Å². The van der Waals surface area contributed by atoms with Gasteiger partial charge in [0.15, 0.2) is 11.5 Å². The van der Waals surface area contributed by atoms with Crippen molar-refractivity contribution in [2.24, 2.45) is 11.7 Å². The fourth-order valence-corrected chi connectivity index (χ4v) is 2.71. The number of ether oxygens (including phenoxy) is 2. The monoisotopic (exact) mass is 318 g/mol. The molecule has 0 saturated carbocycles. The first-order valence-corrected chi connectivity index (χ1v) is 8.10. The molecule has 1 aromatic rings. The van der Waals surface area contributed by atoms with Gasteiger partial charge >= 0.3 is 0 Å². The van der Waals surface area contributed by atoms with Crippen LogP contribution in [0.4, 0.5) is 0 Å². The van der Waals surface area contributed by atoms with Crippen LogP contribution in [-0.2, 0) is 4.79 Å². The molecule has 0 unspecified atom stereocenters. The molecule has 1 amide bonds. The number of piperidine rings is 1. The molecule has 1 aliphatic rings. The van der Waals surface area contributed by atoms with E-state index in [1.54, 1.807) is 13.2 Å². The summed E-state index contributed by atoms with van der Waals surface area (Å²) in [6, 6.07) is 5.58. The molecule has 0 aromatic heterocycles. The van der Waals surface area contributed by atoms with Gasteiger partial charge in [0.1, 0.15) is 6.61 Å². The maximum atomic E-state index is 10.9. The Morgan fingerprint density at radius 3 is 2.78 bits per heavy atom. The Hall–Kier alpha value is -2.01. The highest BCUT2D eigenvalue weighted by molar-refractivity contribution is 5.90. The minimum absolute atomic E-state index is 0.485. The number of para-hydroxylation sites is 1. The van der Waals surface area contributed by atoms with E-state index in [1.165, 1.54) is 18.9 Å². The number of nitrogens with two attached hydrogens (primary N) is 1. The van der Waals surface area contributed by atoms with Crippen molar-refractivity contribution in [1.82, 2.24) is 4.90 Å². The molecule has 0 atom stereocenters. The molecule has 0 aliphatic carbocycles. The number of hydrogen-bond acceptors (Lipinski definition) is 4. The SMILES string of the molecule is COc1cccc(/C=C\C(N)=O)c1OCCN1CCC(C)CC1. The Kier molecular flexibility index (Phi) is 6.47. The third kappa shape index (κ3) is 5.28. The summed E-state index contributed by atoms with van der Waals surface area (Å²) in [6.07, 6.45) is 5.49. The quantitative estimate of drug-likeness (QED) is 0.784. The maximum absolute atomic E-state index is 10.9. The normalized spacial score (nSPS) is 16.6. The number of carbonyl (C=O) groups is 1. The third-order valence-electron chi connectivity index (χ3n) is 4.19. The highest BCUT2D eigenvalue weighted by atomic mass is 16.5. The molecule has 2 rings (SSSR count). The van der Waals surface area contributed by atoms with Crippen LogP contribution in [0, 0.1) is 5.92 Å². The fraction of sp³-hybridized carbons (Fsp3) is 0.500. The van der Waals surface area contributed by atoms with Gasteiger partial charge in [-0.05, 0) is 44.0 Å². The molecule has 23 heavy (non-hydrogen) atoms. The molecule has 5 nitrogen and oxygen atoms in total. The van der Waals surface area contributed by atoms with Crippen LogP contribution in [0.5, 0.6) is 11.5 Å². The lowest BCUT2D eigenvalue weighted by atomic mass is 9.99. The predicted octanol–water partition coefficient (Wildman–Crippen LogP) is 2.30. The lowest BCUT2D eigenvalue weighted by Gasteiger charge is -2.30. The first kappa shape index (κ1) is 17.3. The second-order valence-corrected chi connectivity index (χ2v) is 5.99. The van der Waals surface area contributed by atoms with Gasteiger partial charge in [-0.1, -0.05) is 19.1 Å². The van der Waals surface area contributed by atoms with Crippen LogP contribution in [0.25, 0.3) is 6.08 Å². The van der Waals surface area contributed by atoms with Gasteiger partial charge in [0.05, 0.1) is 7.11 Å². The lowest BCUT2D eigenvalue weighted by Crippen LogP contribution is -2.35. The average Bonchev–Trinajstić information content (AvgIpc) is 2.55. The molecule has 1 heterocycles. The van der Waals surface area contributed by atoms with E-state index in [4.69, 9.17) is 15.2 Å². The van der Waals surface area contributed by atoms with Crippen molar-refractivity contribution in [2.45, 2.75) is 19.8 Å². The largest absolute Gasteiger partial charge is 0.493 e. The molecule has 126 valence electrons. The second kappa shape index (κ2) is 8.58. The van der Waals surface area contributed by atoms with Crippen molar-refractivity contribution in [1.29, 1.82) is 0 Å². The van der Waals surface area contributed by atoms with Gasteiger partial charge < -0.3 is 15.2 Å². The minimum atomic E-state index is -0.485. The van der Waals surface area contributed by atoms with Crippen LogP contribution < -0.4 is 15.2 Å². The zero-order valence-corrected chi connectivity index (χ0v) is 14.0. The molecule has 0 spiro atoms. The number of nitrogens with zero attached hydrogens (tertiary/aromatic N) is 1. The van der Waals surface area contributed by atoms with E-state index >= 15 is 0 Å². The van der Waals surface area contributed by atoms with Crippen LogP contribution in [0.15, 0.2) is 24.3 Å². The summed E-state index contributed by atoms with van der Waals surface area (Å²) in [5.74, 6) is 1.65.